The van der Waals surface area contributed by atoms with Crippen molar-refractivity contribution >= 4 is 29.7 Å². The van der Waals surface area contributed by atoms with Crippen molar-refractivity contribution in [2.24, 2.45) is 0 Å². The maximum absolute atomic E-state index is 11.6. The summed E-state index contributed by atoms with van der Waals surface area (Å²) in [5.74, 6) is -1.98. The Labute approximate surface area is 122 Å². The summed E-state index contributed by atoms with van der Waals surface area (Å²) in [6.07, 6.45) is 9.19. The quantitative estimate of drug-likeness (QED) is 0.669. The number of amides is 3. The normalized spacial score (nSPS) is 17.6. The van der Waals surface area contributed by atoms with Gasteiger partial charge in [-0.05, 0) is 19.1 Å². The Morgan fingerprint density at radius 1 is 1.20 bits per heavy atom. The van der Waals surface area contributed by atoms with Gasteiger partial charge in [-0.25, -0.2) is 9.59 Å². The number of carboxylic acid groups (broad SMARTS) is 1. The molecule has 0 atom stereocenters. The lowest BCUT2D eigenvalue weighted by Gasteiger charge is -2.35. The highest BCUT2D eigenvalue weighted by molar-refractivity contribution is 8.00. The Morgan fingerprint density at radius 2 is 1.85 bits per heavy atom. The molecule has 0 aliphatic heterocycles. The van der Waals surface area contributed by atoms with Crippen LogP contribution in [-0.2, 0) is 9.59 Å². The number of urea groups is 1. The molecule has 0 aromatic rings. The molecule has 6 nitrogen and oxygen atoms in total. The molecular weight excluding hydrogens is 280 g/mol. The third kappa shape index (κ3) is 5.64. The van der Waals surface area contributed by atoms with Gasteiger partial charge in [0.25, 0.3) is 5.91 Å². The van der Waals surface area contributed by atoms with Gasteiger partial charge in [0.15, 0.2) is 0 Å². The minimum atomic E-state index is -1.23. The number of nitrogens with one attached hydrogen (secondary N) is 2. The molecule has 7 heteroatoms. The molecule has 0 aromatic carbocycles. The number of carboxylic acids is 1. The smallest absolute Gasteiger partial charge is 0.328 e. The monoisotopic (exact) mass is 300 g/mol. The van der Waals surface area contributed by atoms with Gasteiger partial charge < -0.3 is 10.4 Å². The number of aliphatic carboxylic acids is 1. The van der Waals surface area contributed by atoms with Gasteiger partial charge in [-0.15, -0.1) is 0 Å². The molecule has 0 heterocycles. The third-order valence-electron chi connectivity index (χ3n) is 3.38. The number of imide groups is 1. The standard InChI is InChI=1S/C13H20N2O4S/c1-20-13(7-3-2-4-8-13)9-14-12(19)15-10(16)5-6-11(17)18/h5-6H,2-4,7-9H2,1H3,(H,17,18)(H2,14,15,16,19)/b6-5+. The van der Waals surface area contributed by atoms with E-state index in [-0.39, 0.29) is 4.75 Å². The first kappa shape index (κ1) is 16.6. The first-order valence-electron chi connectivity index (χ1n) is 6.52. The van der Waals surface area contributed by atoms with Crippen LogP contribution in [0.4, 0.5) is 4.79 Å². The molecule has 0 radical (unpaired) electrons. The van der Waals surface area contributed by atoms with E-state index in [0.29, 0.717) is 12.6 Å². The highest BCUT2D eigenvalue weighted by Crippen LogP contribution is 2.37. The maximum Gasteiger partial charge on any atom is 0.328 e. The molecule has 1 saturated carbocycles. The second-order valence-electron chi connectivity index (χ2n) is 4.79. The largest absolute Gasteiger partial charge is 0.478 e. The molecule has 0 bridgehead atoms. The summed E-state index contributed by atoms with van der Waals surface area (Å²) < 4.78 is 0.0511. The van der Waals surface area contributed by atoms with E-state index >= 15 is 0 Å². The van der Waals surface area contributed by atoms with Crippen LogP contribution in [0.15, 0.2) is 12.2 Å². The number of carbonyl (C=O) groups excluding carboxylic acids is 2. The molecule has 0 spiro atoms. The molecule has 112 valence electrons. The Bertz CT molecular complexity index is 403. The van der Waals surface area contributed by atoms with Crippen LogP contribution < -0.4 is 10.6 Å². The van der Waals surface area contributed by atoms with Crippen LogP contribution in [0.3, 0.4) is 0 Å². The summed E-state index contributed by atoms with van der Waals surface area (Å²) in [6.45, 7) is 0.510. The minimum absolute atomic E-state index is 0.0511. The van der Waals surface area contributed by atoms with Gasteiger partial charge in [0.1, 0.15) is 0 Å². The number of thioether (sulfide) groups is 1. The maximum atomic E-state index is 11.6. The van der Waals surface area contributed by atoms with Crippen molar-refractivity contribution in [3.8, 4) is 0 Å². The van der Waals surface area contributed by atoms with Gasteiger partial charge in [0.2, 0.25) is 0 Å². The van der Waals surface area contributed by atoms with Crippen molar-refractivity contribution in [2.75, 3.05) is 12.8 Å². The fourth-order valence-electron chi connectivity index (χ4n) is 2.24. The fraction of sp³-hybridized carbons (Fsp3) is 0.615. The molecule has 1 aliphatic carbocycles. The second-order valence-corrected chi connectivity index (χ2v) is 6.07. The second kappa shape index (κ2) is 7.94. The van der Waals surface area contributed by atoms with Gasteiger partial charge in [-0.1, -0.05) is 19.3 Å². The van der Waals surface area contributed by atoms with Crippen molar-refractivity contribution in [2.45, 2.75) is 36.9 Å². The molecule has 1 fully saturated rings. The van der Waals surface area contributed by atoms with E-state index in [0.717, 1.165) is 31.8 Å². The highest BCUT2D eigenvalue weighted by atomic mass is 32.2. The van der Waals surface area contributed by atoms with Gasteiger partial charge in [-0.3, -0.25) is 10.1 Å². The predicted octanol–water partition coefficient (Wildman–Crippen LogP) is 1.52. The summed E-state index contributed by atoms with van der Waals surface area (Å²) in [5.41, 5.74) is 0. The third-order valence-corrected chi connectivity index (χ3v) is 4.80. The highest BCUT2D eigenvalue weighted by Gasteiger charge is 2.31. The van der Waals surface area contributed by atoms with Crippen LogP contribution in [0.25, 0.3) is 0 Å². The Morgan fingerprint density at radius 3 is 2.40 bits per heavy atom. The Hall–Kier alpha value is -1.50. The van der Waals surface area contributed by atoms with E-state index in [2.05, 4.69) is 10.6 Å². The fourth-order valence-corrected chi connectivity index (χ4v) is 3.15. The molecule has 0 aromatic heterocycles. The van der Waals surface area contributed by atoms with E-state index in [1.807, 2.05) is 6.26 Å². The van der Waals surface area contributed by atoms with Gasteiger partial charge in [0.05, 0.1) is 0 Å². The summed E-state index contributed by atoms with van der Waals surface area (Å²) in [4.78, 5) is 33.0. The molecule has 1 rings (SSSR count). The molecule has 3 amide bonds. The molecule has 20 heavy (non-hydrogen) atoms. The number of carbonyl (C=O) groups is 3. The van der Waals surface area contributed by atoms with Crippen molar-refractivity contribution < 1.29 is 19.5 Å². The summed E-state index contributed by atoms with van der Waals surface area (Å²) in [5, 5.41) is 13.1. The van der Waals surface area contributed by atoms with E-state index in [4.69, 9.17) is 5.11 Å². The zero-order valence-corrected chi connectivity index (χ0v) is 12.3. The van der Waals surface area contributed by atoms with Crippen LogP contribution in [0, 0.1) is 0 Å². The van der Waals surface area contributed by atoms with Crippen LogP contribution in [-0.4, -0.2) is 40.6 Å². The van der Waals surface area contributed by atoms with E-state index < -0.39 is 17.9 Å². The van der Waals surface area contributed by atoms with E-state index in [1.54, 1.807) is 11.8 Å². The lowest BCUT2D eigenvalue weighted by Crippen LogP contribution is -2.46. The van der Waals surface area contributed by atoms with Crippen LogP contribution in [0.5, 0.6) is 0 Å². The van der Waals surface area contributed by atoms with Crippen LogP contribution in [0.2, 0.25) is 0 Å². The Kier molecular flexibility index (Phi) is 6.57. The number of hydrogen-bond acceptors (Lipinski definition) is 4. The van der Waals surface area contributed by atoms with Crippen molar-refractivity contribution in [1.82, 2.24) is 10.6 Å². The topological polar surface area (TPSA) is 95.5 Å². The Balaban J connectivity index is 2.38. The number of rotatable bonds is 5. The average Bonchev–Trinajstić information content (AvgIpc) is 2.44. The van der Waals surface area contributed by atoms with Gasteiger partial charge >= 0.3 is 12.0 Å². The average molecular weight is 300 g/mol. The first-order chi connectivity index (χ1) is 9.47. The van der Waals surface area contributed by atoms with E-state index in [1.165, 1.54) is 6.42 Å². The van der Waals surface area contributed by atoms with Crippen molar-refractivity contribution in [3.63, 3.8) is 0 Å². The lowest BCUT2D eigenvalue weighted by molar-refractivity contribution is -0.131. The number of hydrogen-bond donors (Lipinski definition) is 3. The summed E-state index contributed by atoms with van der Waals surface area (Å²) in [6, 6.07) is -0.593. The molecule has 1 aliphatic rings. The first-order valence-corrected chi connectivity index (χ1v) is 7.75. The summed E-state index contributed by atoms with van der Waals surface area (Å²) in [7, 11) is 0. The van der Waals surface area contributed by atoms with Gasteiger partial charge in [0, 0.05) is 23.4 Å². The molecule has 0 unspecified atom stereocenters. The molecular formula is C13H20N2O4S. The zero-order chi connectivity index (χ0) is 15.0. The van der Waals surface area contributed by atoms with Crippen LogP contribution in [0.1, 0.15) is 32.1 Å². The zero-order valence-electron chi connectivity index (χ0n) is 11.5. The van der Waals surface area contributed by atoms with E-state index in [9.17, 15) is 14.4 Å². The SMILES string of the molecule is CSC1(CNC(=O)NC(=O)/C=C/C(=O)O)CCCCC1. The molecule has 0 saturated heterocycles. The minimum Gasteiger partial charge on any atom is -0.478 e. The lowest BCUT2D eigenvalue weighted by atomic mass is 9.88. The molecule has 3 N–H and O–H groups in total. The van der Waals surface area contributed by atoms with Crippen molar-refractivity contribution in [3.05, 3.63) is 12.2 Å². The van der Waals surface area contributed by atoms with Gasteiger partial charge in [-0.2, -0.15) is 11.8 Å². The van der Waals surface area contributed by atoms with Crippen LogP contribution >= 0.6 is 11.8 Å². The van der Waals surface area contributed by atoms with Crippen molar-refractivity contribution in [1.29, 1.82) is 0 Å². The predicted molar refractivity (Wildman–Crippen MR) is 77.6 cm³/mol. The summed E-state index contributed by atoms with van der Waals surface area (Å²) >= 11 is 1.75.